The molecular formula is C19H34O2. The van der Waals surface area contributed by atoms with Crippen LogP contribution in [0.25, 0.3) is 0 Å². The lowest BCUT2D eigenvalue weighted by Gasteiger charge is -1.99. The van der Waals surface area contributed by atoms with Crippen LogP contribution < -0.4 is 0 Å². The van der Waals surface area contributed by atoms with E-state index in [9.17, 15) is 4.79 Å². The van der Waals surface area contributed by atoms with Crippen molar-refractivity contribution in [3.63, 3.8) is 0 Å². The van der Waals surface area contributed by atoms with Gasteiger partial charge < -0.3 is 4.74 Å². The summed E-state index contributed by atoms with van der Waals surface area (Å²) in [5, 5.41) is 0. The van der Waals surface area contributed by atoms with Gasteiger partial charge in [-0.25, -0.2) is 0 Å². The highest BCUT2D eigenvalue weighted by Gasteiger charge is 1.98. The Hall–Kier alpha value is -1.05. The van der Waals surface area contributed by atoms with Crippen molar-refractivity contribution in [2.45, 2.75) is 84.0 Å². The minimum Gasteiger partial charge on any atom is -0.469 e. The molecule has 2 nitrogen and oxygen atoms in total. The van der Waals surface area contributed by atoms with E-state index < -0.39 is 0 Å². The summed E-state index contributed by atoms with van der Waals surface area (Å²) in [6.45, 7) is 2.25. The number of hydrogen-bond acceptors (Lipinski definition) is 2. The number of carbonyl (C=O) groups excluding carboxylic acids is 1. The van der Waals surface area contributed by atoms with Crippen LogP contribution in [0.1, 0.15) is 84.0 Å². The molecule has 0 radical (unpaired) electrons. The Morgan fingerprint density at radius 3 is 1.90 bits per heavy atom. The normalized spacial score (nSPS) is 11.5. The van der Waals surface area contributed by atoms with Crippen LogP contribution in [0.15, 0.2) is 24.3 Å². The first kappa shape index (κ1) is 19.9. The lowest BCUT2D eigenvalue weighted by molar-refractivity contribution is -0.140. The third-order valence-electron chi connectivity index (χ3n) is 3.59. The molecule has 0 saturated heterocycles. The summed E-state index contributed by atoms with van der Waals surface area (Å²) < 4.78 is 4.61. The molecule has 0 N–H and O–H groups in total. The fourth-order valence-corrected chi connectivity index (χ4v) is 2.20. The van der Waals surface area contributed by atoms with Crippen LogP contribution in [0.3, 0.4) is 0 Å². The number of esters is 1. The molecule has 122 valence electrons. The van der Waals surface area contributed by atoms with Gasteiger partial charge in [0.15, 0.2) is 0 Å². The molecule has 0 unspecified atom stereocenters. The molecule has 0 aromatic heterocycles. The molecule has 21 heavy (non-hydrogen) atoms. The molecule has 0 spiro atoms. The van der Waals surface area contributed by atoms with Crippen molar-refractivity contribution in [2.24, 2.45) is 0 Å². The number of carbonyl (C=O) groups is 1. The molecule has 0 fully saturated rings. The van der Waals surface area contributed by atoms with Gasteiger partial charge in [0.25, 0.3) is 0 Å². The first-order chi connectivity index (χ1) is 10.3. The molecule has 0 aliphatic heterocycles. The number of ether oxygens (including phenoxy) is 1. The number of allylic oxidation sites excluding steroid dienone is 4. The molecule has 0 aromatic rings. The summed E-state index contributed by atoms with van der Waals surface area (Å²) in [5.41, 5.74) is 0. The summed E-state index contributed by atoms with van der Waals surface area (Å²) in [5.74, 6) is -0.0839. The van der Waals surface area contributed by atoms with Gasteiger partial charge >= 0.3 is 5.97 Å². The maximum Gasteiger partial charge on any atom is 0.305 e. The van der Waals surface area contributed by atoms with Crippen molar-refractivity contribution in [3.8, 4) is 0 Å². The topological polar surface area (TPSA) is 26.3 Å². The molecule has 0 aliphatic rings. The Labute approximate surface area is 131 Å². The van der Waals surface area contributed by atoms with Crippen molar-refractivity contribution in [1.82, 2.24) is 0 Å². The number of hydrogen-bond donors (Lipinski definition) is 0. The summed E-state index contributed by atoms with van der Waals surface area (Å²) in [6, 6.07) is 0. The van der Waals surface area contributed by atoms with Gasteiger partial charge in [-0.15, -0.1) is 0 Å². The second-order valence-electron chi connectivity index (χ2n) is 5.59. The second kappa shape index (κ2) is 17.0. The zero-order valence-electron chi connectivity index (χ0n) is 14.1. The van der Waals surface area contributed by atoms with E-state index in [-0.39, 0.29) is 5.97 Å². The van der Waals surface area contributed by atoms with Crippen molar-refractivity contribution in [3.05, 3.63) is 24.3 Å². The molecular weight excluding hydrogens is 260 g/mol. The van der Waals surface area contributed by atoms with Crippen molar-refractivity contribution < 1.29 is 9.53 Å². The Balaban J connectivity index is 3.21. The first-order valence-corrected chi connectivity index (χ1v) is 8.69. The molecule has 0 amide bonds. The van der Waals surface area contributed by atoms with Gasteiger partial charge in [-0.2, -0.15) is 0 Å². The van der Waals surface area contributed by atoms with Gasteiger partial charge in [-0.1, -0.05) is 69.8 Å². The largest absolute Gasteiger partial charge is 0.469 e. The zero-order valence-corrected chi connectivity index (χ0v) is 14.1. The Kier molecular flexibility index (Phi) is 16.2. The van der Waals surface area contributed by atoms with E-state index in [0.717, 1.165) is 19.3 Å². The Bertz CT molecular complexity index is 279. The van der Waals surface area contributed by atoms with E-state index >= 15 is 0 Å². The molecule has 0 aliphatic carbocycles. The molecule has 0 bridgehead atoms. The van der Waals surface area contributed by atoms with Crippen molar-refractivity contribution >= 4 is 5.97 Å². The van der Waals surface area contributed by atoms with Crippen LogP contribution in [0.2, 0.25) is 0 Å². The average molecular weight is 294 g/mol. The minimum atomic E-state index is -0.0839. The van der Waals surface area contributed by atoms with Gasteiger partial charge in [0.2, 0.25) is 0 Å². The minimum absolute atomic E-state index is 0.0839. The maximum absolute atomic E-state index is 10.9. The van der Waals surface area contributed by atoms with Crippen molar-refractivity contribution in [1.29, 1.82) is 0 Å². The third-order valence-corrected chi connectivity index (χ3v) is 3.59. The SMILES string of the molecule is CCCCCC/C=C\C=C/CCCCCCCC(=O)OC. The highest BCUT2D eigenvalue weighted by molar-refractivity contribution is 5.68. The number of methoxy groups -OCH3 is 1. The summed E-state index contributed by atoms with van der Waals surface area (Å²) >= 11 is 0. The van der Waals surface area contributed by atoms with Crippen LogP contribution in [-0.4, -0.2) is 13.1 Å². The van der Waals surface area contributed by atoms with Gasteiger partial charge in [0.1, 0.15) is 0 Å². The Morgan fingerprint density at radius 2 is 1.33 bits per heavy atom. The first-order valence-electron chi connectivity index (χ1n) is 8.69. The van der Waals surface area contributed by atoms with E-state index in [1.54, 1.807) is 0 Å². The van der Waals surface area contributed by atoms with Gasteiger partial charge in [-0.3, -0.25) is 4.79 Å². The predicted molar refractivity (Wildman–Crippen MR) is 91.4 cm³/mol. The van der Waals surface area contributed by atoms with Crippen molar-refractivity contribution in [2.75, 3.05) is 7.11 Å². The third kappa shape index (κ3) is 16.9. The van der Waals surface area contributed by atoms with E-state index in [2.05, 4.69) is 36.0 Å². The molecule has 0 aromatic carbocycles. The summed E-state index contributed by atoms with van der Waals surface area (Å²) in [4.78, 5) is 10.9. The standard InChI is InChI=1S/C19H34O2/c1-3-4-5-6-7-8-9-10-11-12-13-14-15-16-17-18-19(20)21-2/h8-11H,3-7,12-18H2,1-2H3/b9-8-,11-10-. The van der Waals surface area contributed by atoms with Crippen LogP contribution in [0.4, 0.5) is 0 Å². The molecule has 0 saturated carbocycles. The number of rotatable bonds is 14. The van der Waals surface area contributed by atoms with Crippen LogP contribution in [0, 0.1) is 0 Å². The Morgan fingerprint density at radius 1 is 0.810 bits per heavy atom. The van der Waals surface area contributed by atoms with Gasteiger partial charge in [0, 0.05) is 6.42 Å². The lowest BCUT2D eigenvalue weighted by Crippen LogP contribution is -1.98. The number of unbranched alkanes of at least 4 members (excludes halogenated alkanes) is 9. The summed E-state index contributed by atoms with van der Waals surface area (Å²) in [7, 11) is 1.45. The highest BCUT2D eigenvalue weighted by Crippen LogP contribution is 2.08. The van der Waals surface area contributed by atoms with E-state index in [4.69, 9.17) is 0 Å². The fraction of sp³-hybridized carbons (Fsp3) is 0.737. The van der Waals surface area contributed by atoms with Gasteiger partial charge in [-0.05, 0) is 32.1 Å². The quantitative estimate of drug-likeness (QED) is 0.224. The second-order valence-corrected chi connectivity index (χ2v) is 5.59. The molecule has 2 heteroatoms. The van der Waals surface area contributed by atoms with E-state index in [0.29, 0.717) is 6.42 Å². The van der Waals surface area contributed by atoms with Crippen LogP contribution in [-0.2, 0) is 9.53 Å². The fourth-order valence-electron chi connectivity index (χ4n) is 2.20. The molecule has 0 heterocycles. The highest BCUT2D eigenvalue weighted by atomic mass is 16.5. The van der Waals surface area contributed by atoms with E-state index in [1.807, 2.05) is 0 Å². The summed E-state index contributed by atoms with van der Waals surface area (Å²) in [6.07, 6.45) is 23.0. The lowest BCUT2D eigenvalue weighted by atomic mass is 10.1. The van der Waals surface area contributed by atoms with E-state index in [1.165, 1.54) is 58.5 Å². The monoisotopic (exact) mass is 294 g/mol. The van der Waals surface area contributed by atoms with Crippen LogP contribution >= 0.6 is 0 Å². The predicted octanol–water partition coefficient (Wildman–Crippen LogP) is 5.97. The molecule has 0 atom stereocenters. The maximum atomic E-state index is 10.9. The van der Waals surface area contributed by atoms with Crippen LogP contribution in [0.5, 0.6) is 0 Å². The average Bonchev–Trinajstić information content (AvgIpc) is 2.50. The van der Waals surface area contributed by atoms with Gasteiger partial charge in [0.05, 0.1) is 7.11 Å². The zero-order chi connectivity index (χ0) is 15.6. The molecule has 0 rings (SSSR count). The smallest absolute Gasteiger partial charge is 0.305 e.